The summed E-state index contributed by atoms with van der Waals surface area (Å²) in [5.74, 6) is 1.36. The molecular formula is C19H16ClN3O2. The molecule has 0 spiro atoms. The smallest absolute Gasteiger partial charge is 0.256 e. The highest BCUT2D eigenvalue weighted by Crippen LogP contribution is 2.35. The number of aromatic nitrogens is 2. The SMILES string of the molecule is Cc1cc(-n2c(C)cc(/C=C3\C(=O)Nc4cc(Cl)ccc43)c2C)no1. The number of nitrogens with zero attached hydrogens (tertiary/aromatic N) is 2. The first-order chi connectivity index (χ1) is 11.9. The average molecular weight is 354 g/mol. The normalized spacial score (nSPS) is 14.9. The van der Waals surface area contributed by atoms with Gasteiger partial charge in [-0.1, -0.05) is 22.8 Å². The molecule has 25 heavy (non-hydrogen) atoms. The number of fused-ring (bicyclic) bond motifs is 1. The van der Waals surface area contributed by atoms with Crippen molar-refractivity contribution in [3.8, 4) is 5.82 Å². The summed E-state index contributed by atoms with van der Waals surface area (Å²) in [6.07, 6.45) is 1.90. The van der Waals surface area contributed by atoms with Crippen LogP contribution in [0.2, 0.25) is 5.02 Å². The van der Waals surface area contributed by atoms with Crippen LogP contribution in [0.4, 0.5) is 5.69 Å². The van der Waals surface area contributed by atoms with Gasteiger partial charge in [0, 0.05) is 33.6 Å². The van der Waals surface area contributed by atoms with Gasteiger partial charge in [-0.05, 0) is 50.6 Å². The van der Waals surface area contributed by atoms with Gasteiger partial charge in [0.05, 0.1) is 5.69 Å². The van der Waals surface area contributed by atoms with Gasteiger partial charge in [-0.25, -0.2) is 0 Å². The summed E-state index contributed by atoms with van der Waals surface area (Å²) in [5, 5.41) is 7.54. The van der Waals surface area contributed by atoms with Crippen molar-refractivity contribution in [2.24, 2.45) is 0 Å². The molecule has 1 amide bonds. The predicted molar refractivity (Wildman–Crippen MR) is 98.0 cm³/mol. The van der Waals surface area contributed by atoms with Crippen molar-refractivity contribution in [1.29, 1.82) is 0 Å². The van der Waals surface area contributed by atoms with Gasteiger partial charge in [-0.15, -0.1) is 0 Å². The molecule has 1 aliphatic heterocycles. The van der Waals surface area contributed by atoms with Crippen LogP contribution in [0.1, 0.15) is 28.3 Å². The standard InChI is InChI=1S/C19H16ClN3O2/c1-10-6-13(12(3)23(10)18-7-11(2)25-22-18)8-16-15-5-4-14(20)9-17(15)21-19(16)24/h4-9H,1-3H3,(H,21,24)/b16-8-. The number of halogens is 1. The van der Waals surface area contributed by atoms with Gasteiger partial charge in [0.15, 0.2) is 5.82 Å². The molecule has 1 aromatic carbocycles. The van der Waals surface area contributed by atoms with Gasteiger partial charge in [-0.2, -0.15) is 0 Å². The second-order valence-electron chi connectivity index (χ2n) is 6.16. The van der Waals surface area contributed by atoms with Gasteiger partial charge in [-0.3, -0.25) is 9.36 Å². The van der Waals surface area contributed by atoms with Gasteiger partial charge in [0.2, 0.25) is 0 Å². The molecule has 5 nitrogen and oxygen atoms in total. The molecule has 4 rings (SSSR count). The number of nitrogens with one attached hydrogen (secondary N) is 1. The lowest BCUT2D eigenvalue weighted by molar-refractivity contribution is -0.110. The minimum absolute atomic E-state index is 0.126. The molecule has 0 saturated heterocycles. The number of aryl methyl sites for hydroxylation is 2. The third-order valence-electron chi connectivity index (χ3n) is 4.38. The summed E-state index contributed by atoms with van der Waals surface area (Å²) in [6.45, 7) is 5.86. The number of amides is 1. The largest absolute Gasteiger partial charge is 0.360 e. The van der Waals surface area contributed by atoms with Crippen molar-refractivity contribution in [3.05, 3.63) is 63.6 Å². The molecule has 3 aromatic rings. The quantitative estimate of drug-likeness (QED) is 0.688. The topological polar surface area (TPSA) is 60.1 Å². The molecule has 0 atom stereocenters. The Kier molecular flexibility index (Phi) is 3.54. The van der Waals surface area contributed by atoms with E-state index in [0.717, 1.165) is 39.8 Å². The highest BCUT2D eigenvalue weighted by Gasteiger charge is 2.25. The second kappa shape index (κ2) is 5.63. The van der Waals surface area contributed by atoms with Crippen LogP contribution in [0, 0.1) is 20.8 Å². The Morgan fingerprint density at radius 3 is 2.72 bits per heavy atom. The zero-order chi connectivity index (χ0) is 17.7. The number of benzene rings is 1. The van der Waals surface area contributed by atoms with Crippen molar-refractivity contribution in [1.82, 2.24) is 9.72 Å². The zero-order valence-corrected chi connectivity index (χ0v) is 14.8. The lowest BCUT2D eigenvalue weighted by Gasteiger charge is -2.04. The van der Waals surface area contributed by atoms with Crippen molar-refractivity contribution in [3.63, 3.8) is 0 Å². The lowest BCUT2D eigenvalue weighted by Crippen LogP contribution is -2.03. The number of carbonyl (C=O) groups excluding carboxylic acids is 1. The van der Waals surface area contributed by atoms with Crippen LogP contribution in [0.15, 0.2) is 34.9 Å². The number of hydrogen-bond donors (Lipinski definition) is 1. The molecule has 6 heteroatoms. The maximum atomic E-state index is 12.4. The fraction of sp³-hybridized carbons (Fsp3) is 0.158. The Balaban J connectivity index is 1.82. The lowest BCUT2D eigenvalue weighted by atomic mass is 10.0. The molecule has 0 fully saturated rings. The first-order valence-electron chi connectivity index (χ1n) is 7.89. The minimum Gasteiger partial charge on any atom is -0.360 e. The summed E-state index contributed by atoms with van der Waals surface area (Å²) in [5.41, 5.74) is 5.21. The van der Waals surface area contributed by atoms with Crippen LogP contribution >= 0.6 is 11.6 Å². The summed E-state index contributed by atoms with van der Waals surface area (Å²) in [7, 11) is 0. The van der Waals surface area contributed by atoms with E-state index in [4.69, 9.17) is 16.1 Å². The first-order valence-corrected chi connectivity index (χ1v) is 8.27. The maximum Gasteiger partial charge on any atom is 0.256 e. The van der Waals surface area contributed by atoms with E-state index >= 15 is 0 Å². The molecule has 0 radical (unpaired) electrons. The van der Waals surface area contributed by atoms with Crippen LogP contribution in [0.5, 0.6) is 0 Å². The zero-order valence-electron chi connectivity index (χ0n) is 14.1. The van der Waals surface area contributed by atoms with Gasteiger partial charge < -0.3 is 9.84 Å². The molecule has 2 aromatic heterocycles. The van der Waals surface area contributed by atoms with Gasteiger partial charge in [0.1, 0.15) is 5.76 Å². The van der Waals surface area contributed by atoms with Crippen LogP contribution in [0.3, 0.4) is 0 Å². The van der Waals surface area contributed by atoms with Crippen molar-refractivity contribution in [2.45, 2.75) is 20.8 Å². The van der Waals surface area contributed by atoms with E-state index in [0.29, 0.717) is 10.6 Å². The third-order valence-corrected chi connectivity index (χ3v) is 4.61. The summed E-state index contributed by atoms with van der Waals surface area (Å²) < 4.78 is 7.20. The summed E-state index contributed by atoms with van der Waals surface area (Å²) in [4.78, 5) is 12.4. The van der Waals surface area contributed by atoms with E-state index < -0.39 is 0 Å². The van der Waals surface area contributed by atoms with E-state index in [1.165, 1.54) is 0 Å². The van der Waals surface area contributed by atoms with E-state index in [1.807, 2.05) is 49.6 Å². The Hall–Kier alpha value is -2.79. The highest BCUT2D eigenvalue weighted by atomic mass is 35.5. The highest BCUT2D eigenvalue weighted by molar-refractivity contribution is 6.36. The Morgan fingerprint density at radius 2 is 2.00 bits per heavy atom. The molecule has 0 unspecified atom stereocenters. The minimum atomic E-state index is -0.126. The summed E-state index contributed by atoms with van der Waals surface area (Å²) >= 11 is 6.01. The van der Waals surface area contributed by atoms with Crippen LogP contribution in [-0.4, -0.2) is 15.6 Å². The molecular weight excluding hydrogens is 338 g/mol. The van der Waals surface area contributed by atoms with Crippen molar-refractivity contribution >= 4 is 34.8 Å². The van der Waals surface area contributed by atoms with Crippen LogP contribution < -0.4 is 5.32 Å². The van der Waals surface area contributed by atoms with Gasteiger partial charge >= 0.3 is 0 Å². The second-order valence-corrected chi connectivity index (χ2v) is 6.60. The fourth-order valence-electron chi connectivity index (χ4n) is 3.21. The molecule has 1 N–H and O–H groups in total. The van der Waals surface area contributed by atoms with Crippen LogP contribution in [0.25, 0.3) is 17.5 Å². The Labute approximate surface area is 149 Å². The monoisotopic (exact) mass is 353 g/mol. The molecule has 0 bridgehead atoms. The van der Waals surface area contributed by atoms with E-state index in [-0.39, 0.29) is 5.91 Å². The first kappa shape index (κ1) is 15.7. The van der Waals surface area contributed by atoms with E-state index in [1.54, 1.807) is 12.1 Å². The van der Waals surface area contributed by atoms with Crippen molar-refractivity contribution in [2.75, 3.05) is 5.32 Å². The molecule has 3 heterocycles. The van der Waals surface area contributed by atoms with Crippen molar-refractivity contribution < 1.29 is 9.32 Å². The molecule has 0 aliphatic carbocycles. The maximum absolute atomic E-state index is 12.4. The Bertz CT molecular complexity index is 1040. The van der Waals surface area contributed by atoms with E-state index in [2.05, 4.69) is 10.5 Å². The summed E-state index contributed by atoms with van der Waals surface area (Å²) in [6, 6.07) is 9.33. The molecule has 126 valence electrons. The number of carbonyl (C=O) groups is 1. The van der Waals surface area contributed by atoms with E-state index in [9.17, 15) is 4.79 Å². The Morgan fingerprint density at radius 1 is 1.20 bits per heavy atom. The third kappa shape index (κ3) is 2.57. The van der Waals surface area contributed by atoms with Crippen LogP contribution in [-0.2, 0) is 4.79 Å². The van der Waals surface area contributed by atoms with Gasteiger partial charge in [0.25, 0.3) is 5.91 Å². The number of hydrogen-bond acceptors (Lipinski definition) is 3. The average Bonchev–Trinajstić information content (AvgIpc) is 3.18. The molecule has 1 aliphatic rings. The number of anilines is 1. The predicted octanol–water partition coefficient (Wildman–Crippen LogP) is 4.54. The number of rotatable bonds is 2. The molecule has 0 saturated carbocycles. The fourth-order valence-corrected chi connectivity index (χ4v) is 3.38.